The number of amides is 1. The summed E-state index contributed by atoms with van der Waals surface area (Å²) in [6, 6.07) is 9.32. The summed E-state index contributed by atoms with van der Waals surface area (Å²) in [5.74, 6) is 1.09. The molecule has 2 N–H and O–H groups in total. The van der Waals surface area contributed by atoms with Gasteiger partial charge in [0.15, 0.2) is 0 Å². The van der Waals surface area contributed by atoms with Gasteiger partial charge < -0.3 is 29.5 Å². The number of nitrogens with one attached hydrogen (secondary N) is 1. The van der Waals surface area contributed by atoms with Gasteiger partial charge in [-0.3, -0.25) is 4.79 Å². The normalized spacial score (nSPS) is 23.2. The monoisotopic (exact) mass is 371 g/mol. The number of methoxy groups -OCH3 is 1. The Morgan fingerprint density at radius 1 is 1.37 bits per heavy atom. The van der Waals surface area contributed by atoms with Gasteiger partial charge in [0.25, 0.3) is 0 Å². The Morgan fingerprint density at radius 3 is 2.89 bits per heavy atom. The maximum atomic E-state index is 11.2. The molecule has 2 aliphatic rings. The van der Waals surface area contributed by atoms with Crippen LogP contribution in [0.2, 0.25) is 0 Å². The van der Waals surface area contributed by atoms with Crippen LogP contribution in [0, 0.1) is 0 Å². The fraction of sp³-hybridized carbons (Fsp3) is 0.368. The second kappa shape index (κ2) is 7.05. The number of rotatable bonds is 4. The Morgan fingerprint density at radius 2 is 2.19 bits per heavy atom. The van der Waals surface area contributed by atoms with Crippen LogP contribution in [0.25, 0.3) is 11.1 Å². The van der Waals surface area contributed by atoms with Crippen molar-refractivity contribution < 1.29 is 24.1 Å². The first-order valence-corrected chi connectivity index (χ1v) is 8.70. The third kappa shape index (κ3) is 3.29. The van der Waals surface area contributed by atoms with Crippen LogP contribution in [0.3, 0.4) is 0 Å². The number of pyridine rings is 1. The molecule has 2 aliphatic heterocycles. The average Bonchev–Trinajstić information content (AvgIpc) is 3.02. The van der Waals surface area contributed by atoms with E-state index in [1.807, 2.05) is 24.3 Å². The third-order valence-electron chi connectivity index (χ3n) is 4.80. The molecule has 1 amide bonds. The molecule has 27 heavy (non-hydrogen) atoms. The summed E-state index contributed by atoms with van der Waals surface area (Å²) in [5.41, 5.74) is 2.65. The predicted octanol–water partition coefficient (Wildman–Crippen LogP) is 1.14. The Kier molecular flexibility index (Phi) is 4.59. The highest BCUT2D eigenvalue weighted by molar-refractivity contribution is 5.73. The predicted molar refractivity (Wildman–Crippen MR) is 97.6 cm³/mol. The highest BCUT2D eigenvalue weighted by Gasteiger charge is 2.45. The molecule has 2 aromatic rings. The molecule has 3 heterocycles. The molecule has 1 aromatic carbocycles. The van der Waals surface area contributed by atoms with Crippen molar-refractivity contribution in [2.45, 2.75) is 25.5 Å². The summed E-state index contributed by atoms with van der Waals surface area (Å²) in [5, 5.41) is 13.1. The minimum atomic E-state index is -1.08. The van der Waals surface area contributed by atoms with Crippen LogP contribution >= 0.6 is 0 Å². The summed E-state index contributed by atoms with van der Waals surface area (Å²) < 4.78 is 16.6. The van der Waals surface area contributed by atoms with Crippen LogP contribution in [0.4, 0.5) is 5.69 Å². The number of hydrogen-bond donors (Lipinski definition) is 2. The topological polar surface area (TPSA) is 93.2 Å². The van der Waals surface area contributed by atoms with Crippen molar-refractivity contribution in [1.29, 1.82) is 0 Å². The van der Waals surface area contributed by atoms with Crippen molar-refractivity contribution >= 4 is 11.6 Å². The van der Waals surface area contributed by atoms with Gasteiger partial charge in [-0.15, -0.1) is 0 Å². The first-order valence-electron chi connectivity index (χ1n) is 8.70. The van der Waals surface area contributed by atoms with Gasteiger partial charge in [-0.25, -0.2) is 4.98 Å². The molecule has 3 atom stereocenters. The number of aliphatic hydroxyl groups excluding tert-OH is 1. The zero-order chi connectivity index (χ0) is 19.0. The number of aromatic nitrogens is 1. The Balaban J connectivity index is 1.58. The second-order valence-electron chi connectivity index (χ2n) is 6.50. The van der Waals surface area contributed by atoms with E-state index in [1.165, 1.54) is 6.92 Å². The number of ether oxygens (including phenoxy) is 3. The van der Waals surface area contributed by atoms with E-state index in [1.54, 1.807) is 24.3 Å². The van der Waals surface area contributed by atoms with Gasteiger partial charge in [0.1, 0.15) is 18.5 Å². The lowest BCUT2D eigenvalue weighted by Crippen LogP contribution is -2.48. The molecule has 0 aliphatic carbocycles. The molecular weight excluding hydrogens is 350 g/mol. The molecule has 0 saturated carbocycles. The number of carbonyl (C=O) groups excluding carboxylic acids is 1. The van der Waals surface area contributed by atoms with Gasteiger partial charge in [-0.1, -0.05) is 6.07 Å². The fourth-order valence-corrected chi connectivity index (χ4v) is 3.44. The second-order valence-corrected chi connectivity index (χ2v) is 6.50. The van der Waals surface area contributed by atoms with Gasteiger partial charge in [-0.2, -0.15) is 0 Å². The molecule has 1 saturated heterocycles. The molecular formula is C19H21N3O5. The molecule has 4 rings (SSSR count). The highest BCUT2D eigenvalue weighted by atomic mass is 16.6. The van der Waals surface area contributed by atoms with E-state index < -0.39 is 6.41 Å². The lowest BCUT2D eigenvalue weighted by atomic mass is 10.0. The van der Waals surface area contributed by atoms with Crippen LogP contribution in [-0.2, 0) is 9.53 Å². The lowest BCUT2D eigenvalue weighted by Gasteiger charge is -2.35. The molecule has 1 aromatic heterocycles. The molecule has 1 fully saturated rings. The smallest absolute Gasteiger partial charge is 0.238 e. The Hall–Kier alpha value is -2.84. The molecule has 0 spiro atoms. The number of nitrogens with zero attached hydrogens (tertiary/aromatic N) is 2. The number of benzene rings is 1. The molecule has 0 bridgehead atoms. The van der Waals surface area contributed by atoms with Gasteiger partial charge >= 0.3 is 0 Å². The van der Waals surface area contributed by atoms with Crippen LogP contribution in [-0.4, -0.2) is 54.8 Å². The standard InChI is InChI=1S/C19H21N3O5/c1-11(23)20-9-17-15-10-26-16-7-12(13-4-6-18(25-2)21-8-13)3-5-14(16)22(15)19(24)27-17/h3-8,15,17,19,24H,9-10H2,1-2H3,(H,20,23)/t15-,17-,19?/m0/s1. The van der Waals surface area contributed by atoms with E-state index in [9.17, 15) is 9.90 Å². The summed E-state index contributed by atoms with van der Waals surface area (Å²) in [6.07, 6.45) is 0.316. The van der Waals surface area contributed by atoms with E-state index >= 15 is 0 Å². The zero-order valence-electron chi connectivity index (χ0n) is 15.1. The number of fused-ring (bicyclic) bond motifs is 3. The van der Waals surface area contributed by atoms with E-state index in [0.717, 1.165) is 16.8 Å². The summed E-state index contributed by atoms with van der Waals surface area (Å²) >= 11 is 0. The minimum absolute atomic E-state index is 0.138. The van der Waals surface area contributed by atoms with Crippen LogP contribution in [0.15, 0.2) is 36.5 Å². The SMILES string of the molecule is COc1ccc(-c2ccc3c(c2)OC[C@H]2[C@H](CNC(C)=O)OC(O)N32)cn1. The Bertz CT molecular complexity index is 842. The fourth-order valence-electron chi connectivity index (χ4n) is 3.44. The Labute approximate surface area is 156 Å². The number of anilines is 1. The third-order valence-corrected chi connectivity index (χ3v) is 4.80. The average molecular weight is 371 g/mol. The van der Waals surface area contributed by atoms with Crippen molar-refractivity contribution in [2.75, 3.05) is 25.2 Å². The van der Waals surface area contributed by atoms with Crippen molar-refractivity contribution in [1.82, 2.24) is 10.3 Å². The van der Waals surface area contributed by atoms with E-state index in [2.05, 4.69) is 10.3 Å². The van der Waals surface area contributed by atoms with Gasteiger partial charge in [0.2, 0.25) is 18.2 Å². The van der Waals surface area contributed by atoms with Gasteiger partial charge in [-0.05, 0) is 23.8 Å². The lowest BCUT2D eigenvalue weighted by molar-refractivity contribution is -0.121. The molecule has 142 valence electrons. The van der Waals surface area contributed by atoms with Crippen LogP contribution in [0.5, 0.6) is 11.6 Å². The maximum absolute atomic E-state index is 11.2. The van der Waals surface area contributed by atoms with Crippen molar-refractivity contribution in [3.8, 4) is 22.8 Å². The number of hydrogen-bond acceptors (Lipinski definition) is 7. The van der Waals surface area contributed by atoms with E-state index in [4.69, 9.17) is 14.2 Å². The first-order chi connectivity index (χ1) is 13.1. The summed E-state index contributed by atoms with van der Waals surface area (Å²) in [7, 11) is 1.58. The number of carbonyl (C=O) groups is 1. The van der Waals surface area contributed by atoms with Crippen LogP contribution < -0.4 is 19.7 Å². The zero-order valence-corrected chi connectivity index (χ0v) is 15.1. The largest absolute Gasteiger partial charge is 0.489 e. The van der Waals surface area contributed by atoms with Crippen molar-refractivity contribution in [2.24, 2.45) is 0 Å². The maximum Gasteiger partial charge on any atom is 0.238 e. The quantitative estimate of drug-likeness (QED) is 0.832. The number of aliphatic hydroxyl groups is 1. The van der Waals surface area contributed by atoms with Gasteiger partial charge in [0, 0.05) is 31.3 Å². The molecule has 0 radical (unpaired) electrons. The van der Waals surface area contributed by atoms with E-state index in [0.29, 0.717) is 24.8 Å². The first kappa shape index (κ1) is 17.6. The van der Waals surface area contributed by atoms with Crippen LogP contribution in [0.1, 0.15) is 6.92 Å². The van der Waals surface area contributed by atoms with Crippen molar-refractivity contribution in [3.63, 3.8) is 0 Å². The molecule has 1 unspecified atom stereocenters. The van der Waals surface area contributed by atoms with Crippen molar-refractivity contribution in [3.05, 3.63) is 36.5 Å². The summed E-state index contributed by atoms with van der Waals surface area (Å²) in [6.45, 7) is 2.13. The highest BCUT2D eigenvalue weighted by Crippen LogP contribution is 2.41. The molecule has 8 nitrogen and oxygen atoms in total. The summed E-state index contributed by atoms with van der Waals surface area (Å²) in [4.78, 5) is 17.2. The molecule has 8 heteroatoms. The van der Waals surface area contributed by atoms with E-state index in [-0.39, 0.29) is 18.1 Å². The van der Waals surface area contributed by atoms with Gasteiger partial charge in [0.05, 0.1) is 18.8 Å². The minimum Gasteiger partial charge on any atom is -0.489 e.